The van der Waals surface area contributed by atoms with E-state index in [-0.39, 0.29) is 6.61 Å². The van der Waals surface area contributed by atoms with Gasteiger partial charge in [0.2, 0.25) is 10.0 Å². The highest BCUT2D eigenvalue weighted by atomic mass is 32.2. The van der Waals surface area contributed by atoms with Gasteiger partial charge in [-0.05, 0) is 51.0 Å². The fourth-order valence-corrected chi connectivity index (χ4v) is 3.92. The normalized spacial score (nSPS) is 13.6. The van der Waals surface area contributed by atoms with Crippen LogP contribution in [0.15, 0.2) is 17.0 Å². The second-order valence-corrected chi connectivity index (χ2v) is 6.96. The van der Waals surface area contributed by atoms with Gasteiger partial charge in [0, 0.05) is 25.3 Å². The lowest BCUT2D eigenvalue weighted by atomic mass is 10.1. The number of aryl methyl sites for hydroxylation is 2. The van der Waals surface area contributed by atoms with Gasteiger partial charge < -0.3 is 10.4 Å². The SMILES string of the molecule is CCNc1cc(C)c(S(=O)(=O)N(C)C(C)CO)c(C)c1. The lowest BCUT2D eigenvalue weighted by molar-refractivity contribution is 0.213. The lowest BCUT2D eigenvalue weighted by Crippen LogP contribution is -2.37. The molecule has 0 radical (unpaired) electrons. The number of likely N-dealkylation sites (N-methyl/N-ethyl adjacent to an activating group) is 1. The maximum absolute atomic E-state index is 12.6. The summed E-state index contributed by atoms with van der Waals surface area (Å²) in [5, 5.41) is 12.3. The van der Waals surface area contributed by atoms with Crippen LogP contribution in [0.1, 0.15) is 25.0 Å². The molecule has 0 aliphatic carbocycles. The van der Waals surface area contributed by atoms with Gasteiger partial charge in [-0.3, -0.25) is 0 Å². The maximum Gasteiger partial charge on any atom is 0.243 e. The summed E-state index contributed by atoms with van der Waals surface area (Å²) in [4.78, 5) is 0.321. The van der Waals surface area contributed by atoms with Gasteiger partial charge in [-0.1, -0.05) is 0 Å². The number of sulfonamides is 1. The molecule has 0 aromatic heterocycles. The Hall–Kier alpha value is -1.11. The van der Waals surface area contributed by atoms with E-state index in [4.69, 9.17) is 5.11 Å². The Morgan fingerprint density at radius 2 is 1.80 bits per heavy atom. The average Bonchev–Trinajstić information content (AvgIpc) is 2.36. The van der Waals surface area contributed by atoms with Crippen molar-refractivity contribution in [1.82, 2.24) is 4.31 Å². The summed E-state index contributed by atoms with van der Waals surface area (Å²) < 4.78 is 26.5. The van der Waals surface area contributed by atoms with Crippen LogP contribution in [0.3, 0.4) is 0 Å². The van der Waals surface area contributed by atoms with Crippen molar-refractivity contribution in [1.29, 1.82) is 0 Å². The van der Waals surface area contributed by atoms with Gasteiger partial charge in [-0.2, -0.15) is 4.31 Å². The van der Waals surface area contributed by atoms with Gasteiger partial charge in [0.25, 0.3) is 0 Å². The van der Waals surface area contributed by atoms with Crippen LogP contribution >= 0.6 is 0 Å². The first-order valence-corrected chi connectivity index (χ1v) is 8.13. The molecule has 1 rings (SSSR count). The molecular weight excluding hydrogens is 276 g/mol. The van der Waals surface area contributed by atoms with E-state index in [0.717, 1.165) is 12.2 Å². The van der Waals surface area contributed by atoms with E-state index >= 15 is 0 Å². The van der Waals surface area contributed by atoms with Crippen LogP contribution < -0.4 is 5.32 Å². The number of rotatable bonds is 6. The minimum absolute atomic E-state index is 0.205. The molecule has 0 aliphatic heterocycles. The molecule has 0 spiro atoms. The summed E-state index contributed by atoms with van der Waals surface area (Å²) in [6, 6.07) is 3.22. The number of benzene rings is 1. The molecule has 20 heavy (non-hydrogen) atoms. The zero-order valence-corrected chi connectivity index (χ0v) is 13.6. The average molecular weight is 300 g/mol. The highest BCUT2D eigenvalue weighted by Gasteiger charge is 2.28. The Labute approximate surface area is 121 Å². The highest BCUT2D eigenvalue weighted by molar-refractivity contribution is 7.89. The van der Waals surface area contributed by atoms with Crippen molar-refractivity contribution in [2.45, 2.75) is 38.6 Å². The summed E-state index contributed by atoms with van der Waals surface area (Å²) in [5.41, 5.74) is 2.33. The lowest BCUT2D eigenvalue weighted by Gasteiger charge is -2.25. The second-order valence-electron chi connectivity index (χ2n) is 5.02. The maximum atomic E-state index is 12.6. The summed E-state index contributed by atoms with van der Waals surface area (Å²) in [6.07, 6.45) is 0. The minimum atomic E-state index is -3.60. The van der Waals surface area contributed by atoms with Crippen molar-refractivity contribution in [2.24, 2.45) is 0 Å². The number of aliphatic hydroxyl groups excluding tert-OH is 1. The van der Waals surface area contributed by atoms with Crippen molar-refractivity contribution < 1.29 is 13.5 Å². The van der Waals surface area contributed by atoms with Crippen LogP contribution in [0.5, 0.6) is 0 Å². The molecule has 5 nitrogen and oxygen atoms in total. The monoisotopic (exact) mass is 300 g/mol. The number of anilines is 1. The fourth-order valence-electron chi connectivity index (χ4n) is 2.16. The van der Waals surface area contributed by atoms with E-state index in [1.54, 1.807) is 20.8 Å². The van der Waals surface area contributed by atoms with E-state index in [1.165, 1.54) is 11.4 Å². The van der Waals surface area contributed by atoms with Gasteiger partial charge in [0.1, 0.15) is 0 Å². The molecule has 114 valence electrons. The molecule has 1 unspecified atom stereocenters. The zero-order chi connectivity index (χ0) is 15.5. The quantitative estimate of drug-likeness (QED) is 0.839. The van der Waals surface area contributed by atoms with Gasteiger partial charge in [0.15, 0.2) is 0 Å². The number of hydrogen-bond donors (Lipinski definition) is 2. The molecule has 0 bridgehead atoms. The van der Waals surface area contributed by atoms with Crippen LogP contribution in [0.4, 0.5) is 5.69 Å². The number of nitrogens with one attached hydrogen (secondary N) is 1. The first-order valence-electron chi connectivity index (χ1n) is 6.69. The van der Waals surface area contributed by atoms with E-state index in [2.05, 4.69) is 5.32 Å². The molecule has 0 fully saturated rings. The van der Waals surface area contributed by atoms with Gasteiger partial charge in [-0.15, -0.1) is 0 Å². The summed E-state index contributed by atoms with van der Waals surface area (Å²) in [5.74, 6) is 0. The van der Waals surface area contributed by atoms with E-state index in [1.807, 2.05) is 19.1 Å². The van der Waals surface area contributed by atoms with E-state index < -0.39 is 16.1 Å². The van der Waals surface area contributed by atoms with Crippen LogP contribution in [0, 0.1) is 13.8 Å². The van der Waals surface area contributed by atoms with Crippen molar-refractivity contribution in [2.75, 3.05) is 25.5 Å². The standard InChI is InChI=1S/C14H24N2O3S/c1-6-15-13-7-10(2)14(11(3)8-13)20(18,19)16(5)12(4)9-17/h7-8,12,15,17H,6,9H2,1-5H3. The number of aliphatic hydroxyl groups is 1. The predicted molar refractivity (Wildman–Crippen MR) is 81.6 cm³/mol. The van der Waals surface area contributed by atoms with Crippen LogP contribution in [-0.4, -0.2) is 44.1 Å². The largest absolute Gasteiger partial charge is 0.395 e. The summed E-state index contributed by atoms with van der Waals surface area (Å²) >= 11 is 0. The fraction of sp³-hybridized carbons (Fsp3) is 0.571. The van der Waals surface area contributed by atoms with Crippen molar-refractivity contribution in [3.63, 3.8) is 0 Å². The molecule has 0 saturated heterocycles. The third-order valence-electron chi connectivity index (χ3n) is 3.36. The molecule has 0 heterocycles. The Balaban J connectivity index is 3.32. The van der Waals surface area contributed by atoms with Crippen LogP contribution in [0.2, 0.25) is 0 Å². The van der Waals surface area contributed by atoms with Crippen molar-refractivity contribution in [3.05, 3.63) is 23.3 Å². The van der Waals surface area contributed by atoms with Crippen LogP contribution in [0.25, 0.3) is 0 Å². The molecule has 2 N–H and O–H groups in total. The van der Waals surface area contributed by atoms with Gasteiger partial charge in [0.05, 0.1) is 11.5 Å². The van der Waals surface area contributed by atoms with E-state index in [0.29, 0.717) is 16.0 Å². The summed E-state index contributed by atoms with van der Waals surface area (Å²) in [7, 11) is -2.10. The molecule has 0 saturated carbocycles. The first-order chi connectivity index (χ1) is 9.25. The second kappa shape index (κ2) is 6.56. The molecule has 0 amide bonds. The highest BCUT2D eigenvalue weighted by Crippen LogP contribution is 2.27. The van der Waals surface area contributed by atoms with Crippen molar-refractivity contribution in [3.8, 4) is 0 Å². The van der Waals surface area contributed by atoms with Gasteiger partial charge >= 0.3 is 0 Å². The Morgan fingerprint density at radius 1 is 1.30 bits per heavy atom. The van der Waals surface area contributed by atoms with Crippen molar-refractivity contribution >= 4 is 15.7 Å². The Kier molecular flexibility index (Phi) is 5.56. The third-order valence-corrected chi connectivity index (χ3v) is 5.64. The molecule has 1 atom stereocenters. The van der Waals surface area contributed by atoms with Crippen LogP contribution in [-0.2, 0) is 10.0 Å². The topological polar surface area (TPSA) is 69.6 Å². The molecular formula is C14H24N2O3S. The molecule has 1 aromatic carbocycles. The zero-order valence-electron chi connectivity index (χ0n) is 12.8. The minimum Gasteiger partial charge on any atom is -0.395 e. The predicted octanol–water partition coefficient (Wildman–Crippen LogP) is 1.74. The third kappa shape index (κ3) is 3.31. The number of hydrogen-bond acceptors (Lipinski definition) is 4. The Morgan fingerprint density at radius 3 is 2.20 bits per heavy atom. The number of nitrogens with zero attached hydrogens (tertiary/aromatic N) is 1. The Bertz CT molecular complexity index is 547. The molecule has 6 heteroatoms. The smallest absolute Gasteiger partial charge is 0.243 e. The first kappa shape index (κ1) is 16.9. The molecule has 1 aromatic rings. The molecule has 0 aliphatic rings. The van der Waals surface area contributed by atoms with E-state index in [9.17, 15) is 8.42 Å². The van der Waals surface area contributed by atoms with Gasteiger partial charge in [-0.25, -0.2) is 8.42 Å². The summed E-state index contributed by atoms with van der Waals surface area (Å²) in [6.45, 7) is 7.83.